The van der Waals surface area contributed by atoms with Crippen molar-refractivity contribution >= 4 is 11.7 Å². The molecule has 27 heavy (non-hydrogen) atoms. The molecule has 4 bridgehead atoms. The lowest BCUT2D eigenvalue weighted by Crippen LogP contribution is -2.56. The molecule has 1 saturated heterocycles. The molecular weight excluding hydrogens is 341 g/mol. The molecule has 1 aliphatic heterocycles. The number of hydrogen-bond donors (Lipinski definition) is 1. The molecule has 4 nitrogen and oxygen atoms in total. The number of benzene rings is 1. The maximum absolute atomic E-state index is 13.0. The summed E-state index contributed by atoms with van der Waals surface area (Å²) in [6, 6.07) is 5.89. The fourth-order valence-electron chi connectivity index (χ4n) is 6.80. The third-order valence-electron chi connectivity index (χ3n) is 7.48. The van der Waals surface area contributed by atoms with Gasteiger partial charge in [-0.2, -0.15) is 0 Å². The van der Waals surface area contributed by atoms with Crippen molar-refractivity contribution in [2.45, 2.75) is 38.5 Å². The summed E-state index contributed by atoms with van der Waals surface area (Å²) in [6.45, 7) is 4.74. The van der Waals surface area contributed by atoms with E-state index in [0.29, 0.717) is 11.1 Å². The van der Waals surface area contributed by atoms with Crippen LogP contribution in [0.4, 0.5) is 14.9 Å². The molecule has 0 atom stereocenters. The molecule has 146 valence electrons. The van der Waals surface area contributed by atoms with Crippen molar-refractivity contribution in [3.05, 3.63) is 30.1 Å². The van der Waals surface area contributed by atoms with E-state index >= 15 is 0 Å². The van der Waals surface area contributed by atoms with Crippen LogP contribution in [0, 0.1) is 29.0 Å². The fraction of sp³-hybridized carbons (Fsp3) is 0.682. The van der Waals surface area contributed by atoms with Crippen molar-refractivity contribution in [1.29, 1.82) is 0 Å². The normalized spacial score (nSPS) is 35.4. The van der Waals surface area contributed by atoms with E-state index in [1.54, 1.807) is 12.1 Å². The zero-order valence-electron chi connectivity index (χ0n) is 16.0. The van der Waals surface area contributed by atoms with Crippen LogP contribution in [0.25, 0.3) is 0 Å². The largest absolute Gasteiger partial charge is 0.322 e. The van der Waals surface area contributed by atoms with E-state index in [0.717, 1.165) is 43.9 Å². The number of nitrogens with one attached hydrogen (secondary N) is 1. The third kappa shape index (κ3) is 3.58. The van der Waals surface area contributed by atoms with Crippen molar-refractivity contribution < 1.29 is 9.18 Å². The molecule has 4 aliphatic carbocycles. The van der Waals surface area contributed by atoms with Gasteiger partial charge in [0.25, 0.3) is 0 Å². The van der Waals surface area contributed by atoms with Gasteiger partial charge in [0.15, 0.2) is 0 Å². The molecule has 0 spiro atoms. The summed E-state index contributed by atoms with van der Waals surface area (Å²) in [5.74, 6) is 2.71. The number of rotatable bonds is 3. The second-order valence-electron chi connectivity index (χ2n) is 9.62. The lowest BCUT2D eigenvalue weighted by atomic mass is 9.49. The van der Waals surface area contributed by atoms with Gasteiger partial charge in [0.05, 0.1) is 0 Å². The van der Waals surface area contributed by atoms with Gasteiger partial charge in [0.2, 0.25) is 0 Å². The summed E-state index contributed by atoms with van der Waals surface area (Å²) < 4.78 is 13.0. The number of carbonyl (C=O) groups excluding carboxylic acids is 1. The molecule has 2 amide bonds. The first-order valence-electron chi connectivity index (χ1n) is 10.6. The predicted octanol–water partition coefficient (Wildman–Crippen LogP) is 4.19. The number of hydrogen-bond acceptors (Lipinski definition) is 2. The molecule has 5 aliphatic rings. The van der Waals surface area contributed by atoms with Gasteiger partial charge in [-0.3, -0.25) is 4.90 Å². The molecule has 1 heterocycles. The number of urea groups is 1. The Morgan fingerprint density at radius 3 is 2.07 bits per heavy atom. The molecule has 0 unspecified atom stereocenters. The van der Waals surface area contributed by atoms with Crippen LogP contribution in [0.2, 0.25) is 0 Å². The van der Waals surface area contributed by atoms with Gasteiger partial charge >= 0.3 is 6.03 Å². The number of anilines is 1. The Bertz CT molecular complexity index is 661. The van der Waals surface area contributed by atoms with E-state index in [1.807, 2.05) is 4.90 Å². The highest BCUT2D eigenvalue weighted by molar-refractivity contribution is 5.89. The van der Waals surface area contributed by atoms with Crippen molar-refractivity contribution in [2.75, 3.05) is 38.0 Å². The summed E-state index contributed by atoms with van der Waals surface area (Å²) >= 11 is 0. The first kappa shape index (κ1) is 17.5. The van der Waals surface area contributed by atoms with E-state index in [4.69, 9.17) is 0 Å². The fourth-order valence-corrected chi connectivity index (χ4v) is 6.80. The van der Waals surface area contributed by atoms with E-state index in [9.17, 15) is 9.18 Å². The Balaban J connectivity index is 1.14. The van der Waals surface area contributed by atoms with Crippen LogP contribution < -0.4 is 5.32 Å². The zero-order valence-corrected chi connectivity index (χ0v) is 16.0. The lowest BCUT2D eigenvalue weighted by molar-refractivity contribution is -0.0723. The zero-order chi connectivity index (χ0) is 18.4. The Hall–Kier alpha value is -1.62. The summed E-state index contributed by atoms with van der Waals surface area (Å²) in [5.41, 5.74) is 1.23. The van der Waals surface area contributed by atoms with Crippen molar-refractivity contribution in [3.8, 4) is 0 Å². The molecule has 1 aromatic carbocycles. The first-order valence-corrected chi connectivity index (χ1v) is 10.6. The molecule has 5 fully saturated rings. The average Bonchev–Trinajstić information content (AvgIpc) is 2.63. The highest BCUT2D eigenvalue weighted by Gasteiger charge is 2.51. The highest BCUT2D eigenvalue weighted by Crippen LogP contribution is 2.60. The van der Waals surface area contributed by atoms with E-state index in [1.165, 1.54) is 57.2 Å². The van der Waals surface area contributed by atoms with Gasteiger partial charge in [-0.05, 0) is 86.0 Å². The minimum atomic E-state index is -0.286. The van der Waals surface area contributed by atoms with Crippen LogP contribution in [0.5, 0.6) is 0 Å². The van der Waals surface area contributed by atoms with Crippen molar-refractivity contribution in [1.82, 2.24) is 9.80 Å². The van der Waals surface area contributed by atoms with Gasteiger partial charge in [-0.15, -0.1) is 0 Å². The number of halogens is 1. The lowest BCUT2D eigenvalue weighted by Gasteiger charge is -2.58. The quantitative estimate of drug-likeness (QED) is 0.865. The molecule has 6 rings (SSSR count). The van der Waals surface area contributed by atoms with Gasteiger partial charge in [0, 0.05) is 38.4 Å². The topological polar surface area (TPSA) is 35.6 Å². The SMILES string of the molecule is O=C(Nc1ccc(F)cc1)N1CCN(CC23CC4CC(CC(C4)C2)C3)CC1. The smallest absolute Gasteiger partial charge is 0.321 e. The maximum atomic E-state index is 13.0. The van der Waals surface area contributed by atoms with E-state index < -0.39 is 0 Å². The summed E-state index contributed by atoms with van der Waals surface area (Å²) in [6.07, 6.45) is 8.84. The predicted molar refractivity (Wildman–Crippen MR) is 104 cm³/mol. The Morgan fingerprint density at radius 2 is 1.52 bits per heavy atom. The molecule has 0 radical (unpaired) electrons. The maximum Gasteiger partial charge on any atom is 0.321 e. The van der Waals surface area contributed by atoms with Crippen molar-refractivity contribution in [2.24, 2.45) is 23.2 Å². The molecular formula is C22H30FN3O. The Kier molecular flexibility index (Phi) is 4.38. The van der Waals surface area contributed by atoms with Crippen LogP contribution in [-0.2, 0) is 0 Å². The minimum Gasteiger partial charge on any atom is -0.322 e. The second kappa shape index (κ2) is 6.77. The van der Waals surface area contributed by atoms with Crippen molar-refractivity contribution in [3.63, 3.8) is 0 Å². The van der Waals surface area contributed by atoms with Crippen LogP contribution in [0.15, 0.2) is 24.3 Å². The van der Waals surface area contributed by atoms with Crippen LogP contribution in [0.1, 0.15) is 38.5 Å². The van der Waals surface area contributed by atoms with Crippen LogP contribution in [-0.4, -0.2) is 48.6 Å². The Labute approximate surface area is 161 Å². The molecule has 5 heteroatoms. The second-order valence-corrected chi connectivity index (χ2v) is 9.62. The number of nitrogens with zero attached hydrogens (tertiary/aromatic N) is 2. The number of amides is 2. The summed E-state index contributed by atoms with van der Waals surface area (Å²) in [4.78, 5) is 17.0. The monoisotopic (exact) mass is 371 g/mol. The molecule has 4 saturated carbocycles. The van der Waals surface area contributed by atoms with E-state index in [2.05, 4.69) is 10.2 Å². The first-order chi connectivity index (χ1) is 13.1. The average molecular weight is 372 g/mol. The van der Waals surface area contributed by atoms with Gasteiger partial charge in [0.1, 0.15) is 5.82 Å². The van der Waals surface area contributed by atoms with E-state index in [-0.39, 0.29) is 11.8 Å². The van der Waals surface area contributed by atoms with Crippen LogP contribution in [0.3, 0.4) is 0 Å². The van der Waals surface area contributed by atoms with Crippen LogP contribution >= 0.6 is 0 Å². The van der Waals surface area contributed by atoms with Gasteiger partial charge < -0.3 is 10.2 Å². The molecule has 0 aromatic heterocycles. The number of piperazine rings is 1. The number of carbonyl (C=O) groups is 1. The Morgan fingerprint density at radius 1 is 0.963 bits per heavy atom. The summed E-state index contributed by atoms with van der Waals surface area (Å²) in [5, 5.41) is 2.88. The summed E-state index contributed by atoms with van der Waals surface area (Å²) in [7, 11) is 0. The molecule has 1 N–H and O–H groups in total. The standard InChI is InChI=1S/C22H30FN3O/c23-19-1-3-20(4-2-19)24-21(27)26-7-5-25(6-8-26)15-22-12-16-9-17(13-22)11-18(10-16)14-22/h1-4,16-18H,5-15H2,(H,24,27). The minimum absolute atomic E-state index is 0.0731. The highest BCUT2D eigenvalue weighted by atomic mass is 19.1. The molecule has 1 aromatic rings. The van der Waals surface area contributed by atoms with Gasteiger partial charge in [-0.1, -0.05) is 0 Å². The van der Waals surface area contributed by atoms with Gasteiger partial charge in [-0.25, -0.2) is 9.18 Å². The third-order valence-corrected chi connectivity index (χ3v) is 7.48.